The summed E-state index contributed by atoms with van der Waals surface area (Å²) in [6.45, 7) is 4.13. The van der Waals surface area contributed by atoms with Crippen molar-refractivity contribution >= 4 is 17.7 Å². The number of hydrogen-bond acceptors (Lipinski definition) is 2. The Morgan fingerprint density at radius 2 is 2.05 bits per heavy atom. The molecule has 0 bridgehead atoms. The molecular weight excluding hydrogens is 254 g/mol. The largest absolute Gasteiger partial charge is 0.352 e. The van der Waals surface area contributed by atoms with Crippen molar-refractivity contribution < 1.29 is 4.79 Å². The van der Waals surface area contributed by atoms with E-state index in [1.165, 1.54) is 24.0 Å². The van der Waals surface area contributed by atoms with Crippen molar-refractivity contribution in [3.63, 3.8) is 0 Å². The summed E-state index contributed by atoms with van der Waals surface area (Å²) in [5, 5.41) is 3.20. The van der Waals surface area contributed by atoms with Gasteiger partial charge in [0.05, 0.1) is 5.25 Å². The van der Waals surface area contributed by atoms with Gasteiger partial charge >= 0.3 is 0 Å². The Labute approximate surface area is 120 Å². The van der Waals surface area contributed by atoms with Crippen molar-refractivity contribution in [3.8, 4) is 0 Å². The van der Waals surface area contributed by atoms with Crippen molar-refractivity contribution in [1.29, 1.82) is 0 Å². The Hall–Kier alpha value is -0.960. The molecule has 0 spiro atoms. The highest BCUT2D eigenvalue weighted by atomic mass is 32.2. The molecule has 1 fully saturated rings. The van der Waals surface area contributed by atoms with Crippen molar-refractivity contribution in [3.05, 3.63) is 35.4 Å². The molecule has 0 saturated heterocycles. The van der Waals surface area contributed by atoms with Crippen molar-refractivity contribution in [2.75, 3.05) is 0 Å². The Morgan fingerprint density at radius 3 is 2.74 bits per heavy atom. The summed E-state index contributed by atoms with van der Waals surface area (Å²) < 4.78 is 0. The molecule has 0 heterocycles. The number of benzene rings is 1. The lowest BCUT2D eigenvalue weighted by Crippen LogP contribution is -2.37. The molecule has 1 atom stereocenters. The van der Waals surface area contributed by atoms with Gasteiger partial charge in [0.25, 0.3) is 0 Å². The zero-order chi connectivity index (χ0) is 13.7. The molecular formula is C16H23NOS. The number of amides is 1. The summed E-state index contributed by atoms with van der Waals surface area (Å²) in [6.07, 6.45) is 4.83. The Bertz CT molecular complexity index is 427. The van der Waals surface area contributed by atoms with Gasteiger partial charge in [-0.15, -0.1) is 11.8 Å². The highest BCUT2D eigenvalue weighted by Crippen LogP contribution is 2.22. The number of nitrogens with one attached hydrogen (secondary N) is 1. The van der Waals surface area contributed by atoms with Crippen LogP contribution in [-0.2, 0) is 10.5 Å². The minimum absolute atomic E-state index is 0.0280. The van der Waals surface area contributed by atoms with Crippen LogP contribution in [0.4, 0.5) is 0 Å². The van der Waals surface area contributed by atoms with E-state index >= 15 is 0 Å². The van der Waals surface area contributed by atoms with E-state index < -0.39 is 0 Å². The van der Waals surface area contributed by atoms with Gasteiger partial charge in [0.2, 0.25) is 5.91 Å². The van der Waals surface area contributed by atoms with Crippen LogP contribution in [0.25, 0.3) is 0 Å². The van der Waals surface area contributed by atoms with Crippen LogP contribution in [0.3, 0.4) is 0 Å². The van der Waals surface area contributed by atoms with Crippen LogP contribution in [0.5, 0.6) is 0 Å². The highest BCUT2D eigenvalue weighted by Gasteiger charge is 2.20. The van der Waals surface area contributed by atoms with Crippen LogP contribution in [0.15, 0.2) is 24.3 Å². The second kappa shape index (κ2) is 6.99. The molecule has 1 aromatic carbocycles. The van der Waals surface area contributed by atoms with E-state index in [0.29, 0.717) is 6.04 Å². The van der Waals surface area contributed by atoms with Gasteiger partial charge in [0, 0.05) is 11.8 Å². The van der Waals surface area contributed by atoms with Crippen LogP contribution in [0, 0.1) is 6.92 Å². The lowest BCUT2D eigenvalue weighted by Gasteiger charge is -2.16. The predicted octanol–water partition coefficient (Wildman–Crippen LogP) is 3.68. The van der Waals surface area contributed by atoms with E-state index in [4.69, 9.17) is 0 Å². The molecule has 1 aliphatic carbocycles. The third kappa shape index (κ3) is 4.27. The molecule has 0 aromatic heterocycles. The summed E-state index contributed by atoms with van der Waals surface area (Å²) in [7, 11) is 0. The lowest BCUT2D eigenvalue weighted by atomic mass is 10.1. The molecule has 1 N–H and O–H groups in total. The number of aryl methyl sites for hydroxylation is 1. The monoisotopic (exact) mass is 277 g/mol. The third-order valence-corrected chi connectivity index (χ3v) is 5.01. The molecule has 1 saturated carbocycles. The quantitative estimate of drug-likeness (QED) is 0.889. The molecule has 3 heteroatoms. The second-order valence-electron chi connectivity index (χ2n) is 5.37. The summed E-state index contributed by atoms with van der Waals surface area (Å²) in [4.78, 5) is 12.1. The average Bonchev–Trinajstić information content (AvgIpc) is 2.90. The minimum atomic E-state index is 0.0280. The maximum atomic E-state index is 12.1. The van der Waals surface area contributed by atoms with Gasteiger partial charge in [-0.2, -0.15) is 0 Å². The van der Waals surface area contributed by atoms with Gasteiger partial charge in [-0.1, -0.05) is 37.1 Å². The number of hydrogen-bond donors (Lipinski definition) is 1. The maximum Gasteiger partial charge on any atom is 0.233 e. The molecule has 104 valence electrons. The standard InChI is InChI=1S/C16H23NOS/c1-12-7-3-4-8-14(12)11-19-13(2)16(18)17-15-9-5-6-10-15/h3-4,7-8,13,15H,5-6,9-11H2,1-2H3,(H,17,18). The summed E-state index contributed by atoms with van der Waals surface area (Å²) >= 11 is 1.72. The summed E-state index contributed by atoms with van der Waals surface area (Å²) in [5.41, 5.74) is 2.63. The van der Waals surface area contributed by atoms with Crippen molar-refractivity contribution in [2.45, 2.75) is 56.6 Å². The summed E-state index contributed by atoms with van der Waals surface area (Å²) in [5.74, 6) is 1.11. The van der Waals surface area contributed by atoms with E-state index in [0.717, 1.165) is 18.6 Å². The topological polar surface area (TPSA) is 29.1 Å². The van der Waals surface area contributed by atoms with Crippen molar-refractivity contribution in [2.24, 2.45) is 0 Å². The van der Waals surface area contributed by atoms with Gasteiger partial charge in [-0.3, -0.25) is 4.79 Å². The zero-order valence-corrected chi connectivity index (χ0v) is 12.6. The smallest absolute Gasteiger partial charge is 0.233 e. The Morgan fingerprint density at radius 1 is 1.37 bits per heavy atom. The molecule has 2 rings (SSSR count). The van der Waals surface area contributed by atoms with Gasteiger partial charge in [0.15, 0.2) is 0 Å². The van der Waals surface area contributed by atoms with Crippen LogP contribution in [0.1, 0.15) is 43.7 Å². The lowest BCUT2D eigenvalue weighted by molar-refractivity contribution is -0.120. The fraction of sp³-hybridized carbons (Fsp3) is 0.562. The Kier molecular flexibility index (Phi) is 5.32. The van der Waals surface area contributed by atoms with Crippen LogP contribution < -0.4 is 5.32 Å². The zero-order valence-electron chi connectivity index (χ0n) is 11.8. The van der Waals surface area contributed by atoms with Crippen molar-refractivity contribution in [1.82, 2.24) is 5.32 Å². The number of thioether (sulfide) groups is 1. The fourth-order valence-corrected chi connectivity index (χ4v) is 3.42. The first kappa shape index (κ1) is 14.4. The van der Waals surface area contributed by atoms with E-state index in [-0.39, 0.29) is 11.2 Å². The third-order valence-electron chi connectivity index (χ3n) is 3.82. The fourth-order valence-electron chi connectivity index (χ4n) is 2.45. The molecule has 1 aliphatic rings. The van der Waals surface area contributed by atoms with Gasteiger partial charge in [-0.05, 0) is 37.8 Å². The second-order valence-corrected chi connectivity index (χ2v) is 6.70. The predicted molar refractivity (Wildman–Crippen MR) is 82.3 cm³/mol. The molecule has 1 aromatic rings. The number of carbonyl (C=O) groups excluding carboxylic acids is 1. The normalized spacial score (nSPS) is 17.4. The molecule has 0 aliphatic heterocycles. The first-order chi connectivity index (χ1) is 9.16. The molecule has 2 nitrogen and oxygen atoms in total. The number of rotatable bonds is 5. The molecule has 1 amide bonds. The van der Waals surface area contributed by atoms with Gasteiger partial charge < -0.3 is 5.32 Å². The summed E-state index contributed by atoms with van der Waals surface area (Å²) in [6, 6.07) is 8.81. The highest BCUT2D eigenvalue weighted by molar-refractivity contribution is 7.99. The first-order valence-corrected chi connectivity index (χ1v) is 8.18. The van der Waals surface area contributed by atoms with E-state index in [1.807, 2.05) is 6.92 Å². The van der Waals surface area contributed by atoms with E-state index in [2.05, 4.69) is 36.5 Å². The van der Waals surface area contributed by atoms with E-state index in [9.17, 15) is 4.79 Å². The maximum absolute atomic E-state index is 12.1. The number of carbonyl (C=O) groups is 1. The van der Waals surface area contributed by atoms with Crippen LogP contribution in [0.2, 0.25) is 0 Å². The minimum Gasteiger partial charge on any atom is -0.352 e. The Balaban J connectivity index is 1.78. The van der Waals surface area contributed by atoms with Crippen LogP contribution in [-0.4, -0.2) is 17.2 Å². The van der Waals surface area contributed by atoms with Crippen LogP contribution >= 0.6 is 11.8 Å². The average molecular weight is 277 g/mol. The molecule has 1 unspecified atom stereocenters. The first-order valence-electron chi connectivity index (χ1n) is 7.13. The van der Waals surface area contributed by atoms with Gasteiger partial charge in [0.1, 0.15) is 0 Å². The SMILES string of the molecule is Cc1ccccc1CSC(C)C(=O)NC1CCCC1. The molecule has 0 radical (unpaired) electrons. The van der Waals surface area contributed by atoms with Gasteiger partial charge in [-0.25, -0.2) is 0 Å². The molecule has 19 heavy (non-hydrogen) atoms. The van der Waals surface area contributed by atoms with E-state index in [1.54, 1.807) is 11.8 Å².